The largest absolute Gasteiger partial charge is 0.310 e. The molecule has 4 heteroatoms. The first-order chi connectivity index (χ1) is 11.7. The van der Waals surface area contributed by atoms with E-state index in [0.717, 1.165) is 39.6 Å². The predicted molar refractivity (Wildman–Crippen MR) is 97.8 cm³/mol. The van der Waals surface area contributed by atoms with Gasteiger partial charge in [0.1, 0.15) is 0 Å². The minimum absolute atomic E-state index is 0.614. The van der Waals surface area contributed by atoms with Crippen LogP contribution < -0.4 is 0 Å². The fourth-order valence-corrected chi connectivity index (χ4v) is 3.83. The molecule has 0 unspecified atom stereocenters. The van der Waals surface area contributed by atoms with Gasteiger partial charge in [-0.2, -0.15) is 10.5 Å². The van der Waals surface area contributed by atoms with E-state index in [9.17, 15) is 10.5 Å². The number of allylic oxidation sites excluding steroid dienone is 1. The van der Waals surface area contributed by atoms with Crippen LogP contribution in [0.25, 0.3) is 22.7 Å². The quantitative estimate of drug-likeness (QED) is 0.595. The zero-order chi connectivity index (χ0) is 16.7. The number of aromatic nitrogens is 1. The Morgan fingerprint density at radius 3 is 2.62 bits per heavy atom. The second-order valence-electron chi connectivity index (χ2n) is 5.79. The Kier molecular flexibility index (Phi) is 3.49. The summed E-state index contributed by atoms with van der Waals surface area (Å²) in [6, 6.07) is 16.0. The van der Waals surface area contributed by atoms with Crippen LogP contribution in [0.15, 0.2) is 46.9 Å². The molecular formula is C20H12BrN3. The van der Waals surface area contributed by atoms with E-state index < -0.39 is 0 Å². The topological polar surface area (TPSA) is 52.5 Å². The number of hydrogen-bond donors (Lipinski definition) is 0. The molecular weight excluding hydrogens is 362 g/mol. The van der Waals surface area contributed by atoms with Gasteiger partial charge in [-0.15, -0.1) is 0 Å². The molecule has 2 aromatic carbocycles. The van der Waals surface area contributed by atoms with Crippen molar-refractivity contribution < 1.29 is 0 Å². The number of benzene rings is 2. The highest BCUT2D eigenvalue weighted by Crippen LogP contribution is 2.35. The average molecular weight is 374 g/mol. The molecule has 1 aromatic heterocycles. The van der Waals surface area contributed by atoms with Gasteiger partial charge in [-0.25, -0.2) is 0 Å². The smallest absolute Gasteiger partial charge is 0.0992 e. The summed E-state index contributed by atoms with van der Waals surface area (Å²) in [5.74, 6) is 0. The lowest BCUT2D eigenvalue weighted by Gasteiger charge is -2.12. The van der Waals surface area contributed by atoms with Crippen LogP contribution in [0.3, 0.4) is 0 Å². The van der Waals surface area contributed by atoms with Gasteiger partial charge in [-0.05, 0) is 60.9 Å². The van der Waals surface area contributed by atoms with Crippen LogP contribution >= 0.6 is 15.9 Å². The Balaban J connectivity index is 2.10. The zero-order valence-electron chi connectivity index (χ0n) is 12.8. The molecule has 0 N–H and O–H groups in total. The van der Waals surface area contributed by atoms with Gasteiger partial charge in [0.15, 0.2) is 0 Å². The highest BCUT2D eigenvalue weighted by Gasteiger charge is 2.19. The molecule has 0 bridgehead atoms. The summed E-state index contributed by atoms with van der Waals surface area (Å²) in [5, 5.41) is 19.6. The molecule has 0 saturated heterocycles. The summed E-state index contributed by atoms with van der Waals surface area (Å²) in [7, 11) is 0. The van der Waals surface area contributed by atoms with Gasteiger partial charge >= 0.3 is 0 Å². The van der Waals surface area contributed by atoms with Crippen molar-refractivity contribution in [2.24, 2.45) is 0 Å². The number of halogens is 1. The van der Waals surface area contributed by atoms with Gasteiger partial charge in [0, 0.05) is 21.2 Å². The normalized spacial score (nSPS) is 12.6. The van der Waals surface area contributed by atoms with E-state index in [0.29, 0.717) is 11.1 Å². The van der Waals surface area contributed by atoms with Gasteiger partial charge < -0.3 is 4.57 Å². The summed E-state index contributed by atoms with van der Waals surface area (Å²) in [6.45, 7) is 0. The fraction of sp³-hybridized carbons (Fsp3) is 0.100. The second-order valence-corrected chi connectivity index (χ2v) is 6.71. The lowest BCUT2D eigenvalue weighted by atomic mass is 10.00. The van der Waals surface area contributed by atoms with Crippen molar-refractivity contribution in [3.05, 3.63) is 69.3 Å². The summed E-state index contributed by atoms with van der Waals surface area (Å²) >= 11 is 3.50. The molecule has 0 spiro atoms. The average Bonchev–Trinajstić information content (AvgIpc) is 2.94. The van der Waals surface area contributed by atoms with Crippen molar-refractivity contribution >= 4 is 32.9 Å². The third kappa shape index (κ3) is 2.24. The summed E-state index contributed by atoms with van der Waals surface area (Å²) in [6.07, 6.45) is 6.28. The van der Waals surface area contributed by atoms with Crippen LogP contribution in [0.2, 0.25) is 0 Å². The van der Waals surface area contributed by atoms with Gasteiger partial charge in [-0.1, -0.05) is 22.0 Å². The highest BCUT2D eigenvalue weighted by molar-refractivity contribution is 9.10. The number of rotatable bonds is 1. The maximum atomic E-state index is 9.27. The fourth-order valence-electron chi connectivity index (χ4n) is 3.35. The van der Waals surface area contributed by atoms with Crippen LogP contribution in [-0.2, 0) is 6.42 Å². The third-order valence-corrected chi connectivity index (χ3v) is 4.81. The third-order valence-electron chi connectivity index (χ3n) is 4.35. The standard InChI is InChI=1S/C20H12BrN3/c21-15-7-14(12-23)8-16(10-15)24-19-4-2-1-3-17(19)18-9-13(11-22)5-6-20(18)24/h2,4-10H,1,3H2. The molecule has 3 nitrogen and oxygen atoms in total. The molecule has 0 amide bonds. The van der Waals surface area contributed by atoms with E-state index in [1.54, 1.807) is 0 Å². The lowest BCUT2D eigenvalue weighted by molar-refractivity contribution is 0.967. The molecule has 1 heterocycles. The van der Waals surface area contributed by atoms with Gasteiger partial charge in [0.25, 0.3) is 0 Å². The maximum Gasteiger partial charge on any atom is 0.0992 e. The van der Waals surface area contributed by atoms with Crippen molar-refractivity contribution in [3.63, 3.8) is 0 Å². The Hall–Kier alpha value is -2.82. The predicted octanol–water partition coefficient (Wildman–Crippen LogP) is 5.10. The molecule has 0 radical (unpaired) electrons. The number of nitrogens with zero attached hydrogens (tertiary/aromatic N) is 3. The van der Waals surface area contributed by atoms with E-state index in [-0.39, 0.29) is 0 Å². The zero-order valence-corrected chi connectivity index (χ0v) is 14.3. The second kappa shape index (κ2) is 5.67. The number of hydrogen-bond acceptors (Lipinski definition) is 2. The van der Waals surface area contributed by atoms with Crippen molar-refractivity contribution in [1.82, 2.24) is 4.57 Å². The van der Waals surface area contributed by atoms with Crippen molar-refractivity contribution in [3.8, 4) is 17.8 Å². The molecule has 3 aromatic rings. The maximum absolute atomic E-state index is 9.27. The van der Waals surface area contributed by atoms with Gasteiger partial charge in [0.2, 0.25) is 0 Å². The van der Waals surface area contributed by atoms with Crippen LogP contribution in [0.4, 0.5) is 0 Å². The Labute approximate surface area is 148 Å². The van der Waals surface area contributed by atoms with Crippen LogP contribution in [-0.4, -0.2) is 4.57 Å². The number of aryl methyl sites for hydroxylation is 1. The van der Waals surface area contributed by atoms with E-state index in [1.807, 2.05) is 36.4 Å². The molecule has 1 aliphatic rings. The highest BCUT2D eigenvalue weighted by atomic mass is 79.9. The molecule has 24 heavy (non-hydrogen) atoms. The van der Waals surface area contributed by atoms with Crippen LogP contribution in [0.1, 0.15) is 28.8 Å². The first-order valence-electron chi connectivity index (χ1n) is 7.66. The SMILES string of the molecule is N#Cc1cc(Br)cc(-n2c3c(c4cc(C#N)ccc42)CCC=C3)c1. The summed E-state index contributed by atoms with van der Waals surface area (Å²) in [5.41, 5.74) is 5.69. The lowest BCUT2D eigenvalue weighted by Crippen LogP contribution is -2.00. The molecule has 4 rings (SSSR count). The van der Waals surface area contributed by atoms with Crippen molar-refractivity contribution in [2.45, 2.75) is 12.8 Å². The summed E-state index contributed by atoms with van der Waals surface area (Å²) < 4.78 is 3.05. The monoisotopic (exact) mass is 373 g/mol. The Bertz CT molecular complexity index is 1090. The summed E-state index contributed by atoms with van der Waals surface area (Å²) in [4.78, 5) is 0. The van der Waals surface area contributed by atoms with Gasteiger partial charge in [-0.3, -0.25) is 0 Å². The van der Waals surface area contributed by atoms with Gasteiger partial charge in [0.05, 0.1) is 28.8 Å². The van der Waals surface area contributed by atoms with E-state index in [4.69, 9.17) is 0 Å². The molecule has 1 aliphatic carbocycles. The molecule has 0 atom stereocenters. The van der Waals surface area contributed by atoms with Crippen molar-refractivity contribution in [2.75, 3.05) is 0 Å². The number of fused-ring (bicyclic) bond motifs is 3. The molecule has 0 fully saturated rings. The number of nitriles is 2. The van der Waals surface area contributed by atoms with Crippen LogP contribution in [0, 0.1) is 22.7 Å². The first-order valence-corrected chi connectivity index (χ1v) is 8.45. The minimum Gasteiger partial charge on any atom is -0.310 e. The Morgan fingerprint density at radius 1 is 1.00 bits per heavy atom. The minimum atomic E-state index is 0.614. The van der Waals surface area contributed by atoms with E-state index in [2.05, 4.69) is 44.8 Å². The molecule has 114 valence electrons. The van der Waals surface area contributed by atoms with E-state index in [1.165, 1.54) is 5.56 Å². The van der Waals surface area contributed by atoms with Crippen molar-refractivity contribution in [1.29, 1.82) is 10.5 Å². The van der Waals surface area contributed by atoms with E-state index >= 15 is 0 Å². The molecule has 0 saturated carbocycles. The Morgan fingerprint density at radius 2 is 1.83 bits per heavy atom. The molecule has 0 aliphatic heterocycles. The first kappa shape index (κ1) is 14.8. The van der Waals surface area contributed by atoms with Crippen LogP contribution in [0.5, 0.6) is 0 Å².